The summed E-state index contributed by atoms with van der Waals surface area (Å²) in [6.07, 6.45) is 3.32. The fourth-order valence-corrected chi connectivity index (χ4v) is 1.45. The van der Waals surface area contributed by atoms with Crippen molar-refractivity contribution in [2.45, 2.75) is 12.5 Å². The molecule has 16 heavy (non-hydrogen) atoms. The summed E-state index contributed by atoms with van der Waals surface area (Å²) in [5.41, 5.74) is 4.80. The molecule has 4 N–H and O–H groups in total. The Balaban J connectivity index is 2.57. The van der Waals surface area contributed by atoms with Crippen molar-refractivity contribution in [3.8, 4) is 5.88 Å². The zero-order valence-electron chi connectivity index (χ0n) is 8.67. The molecule has 1 rings (SSSR count). The summed E-state index contributed by atoms with van der Waals surface area (Å²) in [4.78, 5) is 29.1. The van der Waals surface area contributed by atoms with Gasteiger partial charge in [0.1, 0.15) is 12.2 Å². The minimum Gasteiger partial charge on any atom is -0.493 e. The Labute approximate surface area is 95.5 Å². The summed E-state index contributed by atoms with van der Waals surface area (Å²) in [6.45, 7) is 0. The van der Waals surface area contributed by atoms with Gasteiger partial charge in [-0.15, -0.1) is 4.73 Å². The van der Waals surface area contributed by atoms with Crippen LogP contribution in [0.25, 0.3) is 0 Å². The molecule has 8 heteroatoms. The monoisotopic (exact) mass is 247 g/mol. The van der Waals surface area contributed by atoms with Gasteiger partial charge in [0.25, 0.3) is 0 Å². The molecule has 0 radical (unpaired) electrons. The number of carbonyl (C=O) groups excluding carboxylic acids is 1. The molecule has 1 aromatic rings. The number of nitrogens with two attached hydrogens (primary N) is 1. The lowest BCUT2D eigenvalue weighted by molar-refractivity contribution is -0.146. The van der Waals surface area contributed by atoms with Gasteiger partial charge in [-0.05, 0) is 18.4 Å². The average Bonchev–Trinajstić information content (AvgIpc) is 2.53. The Hall–Kier alpha value is -1.41. The Kier molecular flexibility index (Phi) is 4.44. The van der Waals surface area contributed by atoms with E-state index < -0.39 is 17.7 Å². The van der Waals surface area contributed by atoms with Gasteiger partial charge < -0.3 is 15.7 Å². The molecule has 1 atom stereocenters. The number of H-pyrrole nitrogens is 1. The smallest absolute Gasteiger partial charge is 0.361 e. The third-order valence-electron chi connectivity index (χ3n) is 1.80. The van der Waals surface area contributed by atoms with Crippen molar-refractivity contribution in [1.82, 2.24) is 9.71 Å². The number of aromatic nitrogens is 2. The molecule has 0 unspecified atom stereocenters. The summed E-state index contributed by atoms with van der Waals surface area (Å²) in [5.74, 6) is -0.366. The third-order valence-corrected chi connectivity index (χ3v) is 2.44. The number of aromatic hydroxyl groups is 1. The quantitative estimate of drug-likeness (QED) is 0.610. The first-order valence-electron chi connectivity index (χ1n) is 4.52. The number of carbonyl (C=O) groups is 1. The highest BCUT2D eigenvalue weighted by Gasteiger charge is 2.17. The molecule has 0 saturated carbocycles. The Bertz CT molecular complexity index is 414. The van der Waals surface area contributed by atoms with E-state index in [1.807, 2.05) is 11.2 Å². The van der Waals surface area contributed by atoms with Crippen LogP contribution in [0, 0.1) is 0 Å². The maximum Gasteiger partial charge on any atom is 0.361 e. The van der Waals surface area contributed by atoms with Crippen LogP contribution in [-0.4, -0.2) is 38.8 Å². The fraction of sp³-hybridized carbons (Fsp3) is 0.500. The van der Waals surface area contributed by atoms with Crippen LogP contribution >= 0.6 is 11.8 Å². The maximum absolute atomic E-state index is 11.4. The summed E-state index contributed by atoms with van der Waals surface area (Å²) >= 11 is 1.56. The second-order valence-electron chi connectivity index (χ2n) is 3.07. The molecular weight excluding hydrogens is 234 g/mol. The highest BCUT2D eigenvalue weighted by molar-refractivity contribution is 7.98. The fourth-order valence-electron chi connectivity index (χ4n) is 0.962. The highest BCUT2D eigenvalue weighted by atomic mass is 32.2. The SMILES string of the molecule is CSCC[C@H](N)C(=O)On1cc(O)[nH]c1=O. The van der Waals surface area contributed by atoms with Gasteiger partial charge in [-0.1, -0.05) is 0 Å². The zero-order valence-corrected chi connectivity index (χ0v) is 9.49. The molecule has 1 aromatic heterocycles. The molecule has 0 saturated heterocycles. The van der Waals surface area contributed by atoms with Crippen molar-refractivity contribution < 1.29 is 14.7 Å². The van der Waals surface area contributed by atoms with Gasteiger partial charge in [-0.3, -0.25) is 4.98 Å². The standard InChI is InChI=1S/C8H13N3O4S/c1-16-3-2-5(9)7(13)15-11-4-6(12)10-8(11)14/h4-5,12H,2-3,9H2,1H3,(H,10,14)/t5-/m0/s1. The van der Waals surface area contributed by atoms with Crippen LogP contribution < -0.4 is 16.3 Å². The number of imidazole rings is 1. The summed E-state index contributed by atoms with van der Waals surface area (Å²) in [6, 6.07) is -0.781. The van der Waals surface area contributed by atoms with E-state index in [1.54, 1.807) is 11.8 Å². The number of hydrogen-bond acceptors (Lipinski definition) is 6. The average molecular weight is 247 g/mol. The van der Waals surface area contributed by atoms with E-state index in [9.17, 15) is 9.59 Å². The van der Waals surface area contributed by atoms with Gasteiger partial charge in [0.2, 0.25) is 5.88 Å². The topological polar surface area (TPSA) is 110 Å². The first-order chi connectivity index (χ1) is 7.54. The van der Waals surface area contributed by atoms with Crippen LogP contribution in [0.2, 0.25) is 0 Å². The number of rotatable bonds is 5. The van der Waals surface area contributed by atoms with E-state index in [0.29, 0.717) is 11.2 Å². The first kappa shape index (κ1) is 12.7. The second kappa shape index (κ2) is 5.61. The number of aromatic amines is 1. The summed E-state index contributed by atoms with van der Waals surface area (Å²) in [5, 5.41) is 8.92. The van der Waals surface area contributed by atoms with Crippen LogP contribution in [-0.2, 0) is 4.79 Å². The molecule has 90 valence electrons. The van der Waals surface area contributed by atoms with E-state index >= 15 is 0 Å². The van der Waals surface area contributed by atoms with E-state index in [4.69, 9.17) is 10.8 Å². The maximum atomic E-state index is 11.4. The number of nitrogens with one attached hydrogen (secondary N) is 1. The largest absolute Gasteiger partial charge is 0.493 e. The lowest BCUT2D eigenvalue weighted by Crippen LogP contribution is -2.40. The molecule has 0 aliphatic heterocycles. The minimum absolute atomic E-state index is 0.379. The van der Waals surface area contributed by atoms with Gasteiger partial charge in [0.15, 0.2) is 0 Å². The molecule has 0 amide bonds. The molecule has 0 spiro atoms. The normalized spacial score (nSPS) is 12.4. The van der Waals surface area contributed by atoms with Gasteiger partial charge in [0, 0.05) is 0 Å². The van der Waals surface area contributed by atoms with Crippen LogP contribution in [0.5, 0.6) is 5.88 Å². The van der Waals surface area contributed by atoms with Crippen molar-refractivity contribution in [3.63, 3.8) is 0 Å². The molecule has 0 aliphatic carbocycles. The molecule has 0 aliphatic rings. The Morgan fingerprint density at radius 2 is 2.50 bits per heavy atom. The second-order valence-corrected chi connectivity index (χ2v) is 4.05. The van der Waals surface area contributed by atoms with E-state index in [0.717, 1.165) is 11.9 Å². The van der Waals surface area contributed by atoms with Gasteiger partial charge in [-0.2, -0.15) is 11.8 Å². The molecule has 0 fully saturated rings. The van der Waals surface area contributed by atoms with Crippen LogP contribution in [0.3, 0.4) is 0 Å². The van der Waals surface area contributed by atoms with Crippen molar-refractivity contribution in [2.24, 2.45) is 5.73 Å². The Morgan fingerprint density at radius 3 is 3.00 bits per heavy atom. The number of thioether (sulfide) groups is 1. The lowest BCUT2D eigenvalue weighted by Gasteiger charge is -2.08. The van der Waals surface area contributed by atoms with E-state index in [1.165, 1.54) is 0 Å². The zero-order chi connectivity index (χ0) is 12.1. The lowest BCUT2D eigenvalue weighted by atomic mass is 10.2. The summed E-state index contributed by atoms with van der Waals surface area (Å²) in [7, 11) is 0. The van der Waals surface area contributed by atoms with Gasteiger partial charge >= 0.3 is 11.7 Å². The van der Waals surface area contributed by atoms with E-state index in [2.05, 4.69) is 4.84 Å². The Morgan fingerprint density at radius 1 is 1.81 bits per heavy atom. The van der Waals surface area contributed by atoms with Crippen LogP contribution in [0.4, 0.5) is 0 Å². The van der Waals surface area contributed by atoms with Crippen molar-refractivity contribution in [3.05, 3.63) is 16.7 Å². The first-order valence-corrected chi connectivity index (χ1v) is 5.91. The summed E-state index contributed by atoms with van der Waals surface area (Å²) < 4.78 is 0.608. The molecule has 0 aromatic carbocycles. The molecule has 0 bridgehead atoms. The predicted octanol–water partition coefficient (Wildman–Crippen LogP) is -1.08. The van der Waals surface area contributed by atoms with Gasteiger partial charge in [-0.25, -0.2) is 9.59 Å². The predicted molar refractivity (Wildman–Crippen MR) is 59.3 cm³/mol. The van der Waals surface area contributed by atoms with Crippen LogP contribution in [0.15, 0.2) is 11.0 Å². The van der Waals surface area contributed by atoms with Crippen molar-refractivity contribution >= 4 is 17.7 Å². The number of hydrogen-bond donors (Lipinski definition) is 3. The molecule has 1 heterocycles. The van der Waals surface area contributed by atoms with E-state index in [-0.39, 0.29) is 5.88 Å². The van der Waals surface area contributed by atoms with Crippen molar-refractivity contribution in [2.75, 3.05) is 12.0 Å². The third kappa shape index (κ3) is 3.31. The molecular formula is C8H13N3O4S. The highest BCUT2D eigenvalue weighted by Crippen LogP contribution is 2.00. The number of nitrogens with zero attached hydrogens (tertiary/aromatic N) is 1. The molecule has 7 nitrogen and oxygen atoms in total. The minimum atomic E-state index is -0.781. The van der Waals surface area contributed by atoms with Crippen LogP contribution in [0.1, 0.15) is 6.42 Å². The van der Waals surface area contributed by atoms with Crippen molar-refractivity contribution in [1.29, 1.82) is 0 Å². The van der Waals surface area contributed by atoms with Gasteiger partial charge in [0.05, 0.1) is 0 Å².